The largest absolute Gasteiger partial charge is 0.487 e. The third-order valence-electron chi connectivity index (χ3n) is 5.15. The number of pyridine rings is 1. The molecular formula is C24H21F4N5O3S. The highest BCUT2D eigenvalue weighted by molar-refractivity contribution is 7.92. The van der Waals surface area contributed by atoms with Gasteiger partial charge in [0, 0.05) is 11.6 Å². The van der Waals surface area contributed by atoms with Crippen LogP contribution in [-0.4, -0.2) is 29.4 Å². The zero-order chi connectivity index (χ0) is 26.6. The van der Waals surface area contributed by atoms with Crippen LogP contribution in [0, 0.1) is 5.82 Å². The fourth-order valence-corrected chi connectivity index (χ4v) is 3.84. The zero-order valence-corrected chi connectivity index (χ0v) is 20.1. The Bertz CT molecular complexity index is 1470. The van der Waals surface area contributed by atoms with Crippen LogP contribution in [0.2, 0.25) is 0 Å². The number of hydrogen-bond donors (Lipinski definition) is 3. The predicted molar refractivity (Wildman–Crippen MR) is 130 cm³/mol. The molecule has 4 aromatic rings. The van der Waals surface area contributed by atoms with Crippen LogP contribution in [0.3, 0.4) is 0 Å². The first kappa shape index (κ1) is 25.9. The molecule has 0 radical (unpaired) electrons. The van der Waals surface area contributed by atoms with Crippen molar-refractivity contribution in [3.63, 3.8) is 0 Å². The average Bonchev–Trinajstić information content (AvgIpc) is 3.32. The minimum Gasteiger partial charge on any atom is -0.487 e. The zero-order valence-electron chi connectivity index (χ0n) is 19.3. The number of sulfonamides is 1. The Kier molecular flexibility index (Phi) is 7.34. The molecular weight excluding hydrogens is 514 g/mol. The third-order valence-corrected chi connectivity index (χ3v) is 6.44. The summed E-state index contributed by atoms with van der Waals surface area (Å²) in [5, 5.41) is 9.79. The third kappa shape index (κ3) is 6.76. The summed E-state index contributed by atoms with van der Waals surface area (Å²) in [4.78, 5) is 3.40. The molecule has 0 atom stereocenters. The number of nitrogens with one attached hydrogen (secondary N) is 3. The molecule has 0 aliphatic heterocycles. The van der Waals surface area contributed by atoms with Gasteiger partial charge in [-0.25, -0.2) is 17.8 Å². The summed E-state index contributed by atoms with van der Waals surface area (Å²) in [5.41, 5.74) is 1.32. The van der Waals surface area contributed by atoms with Gasteiger partial charge in [-0.2, -0.15) is 18.3 Å². The summed E-state index contributed by atoms with van der Waals surface area (Å²) < 4.78 is 84.0. The highest BCUT2D eigenvalue weighted by atomic mass is 32.2. The lowest BCUT2D eigenvalue weighted by atomic mass is 10.1. The second-order valence-corrected chi connectivity index (χ2v) is 9.86. The van der Waals surface area contributed by atoms with E-state index in [-0.39, 0.29) is 23.8 Å². The van der Waals surface area contributed by atoms with E-state index in [9.17, 15) is 26.0 Å². The fourth-order valence-electron chi connectivity index (χ4n) is 3.19. The summed E-state index contributed by atoms with van der Waals surface area (Å²) in [6.45, 7) is 1.56. The van der Waals surface area contributed by atoms with Gasteiger partial charge < -0.3 is 10.1 Å². The first-order chi connectivity index (χ1) is 17.5. The maximum atomic E-state index is 13.2. The van der Waals surface area contributed by atoms with E-state index in [4.69, 9.17) is 4.74 Å². The van der Waals surface area contributed by atoms with E-state index in [0.717, 1.165) is 12.3 Å². The second kappa shape index (κ2) is 10.5. The van der Waals surface area contributed by atoms with Crippen LogP contribution in [0.15, 0.2) is 66.9 Å². The molecule has 0 spiro atoms. The number of alkyl halides is 3. The van der Waals surface area contributed by atoms with Gasteiger partial charge in [0.2, 0.25) is 10.0 Å². The summed E-state index contributed by atoms with van der Waals surface area (Å²) in [6.07, 6.45) is -3.49. The number of H-pyrrole nitrogens is 1. The average molecular weight is 536 g/mol. The van der Waals surface area contributed by atoms with Crippen molar-refractivity contribution in [2.45, 2.75) is 19.7 Å². The highest BCUT2D eigenvalue weighted by Crippen LogP contribution is 2.33. The van der Waals surface area contributed by atoms with Crippen LogP contribution in [0.1, 0.15) is 18.2 Å². The molecule has 3 N–H and O–H groups in total. The summed E-state index contributed by atoms with van der Waals surface area (Å²) in [6, 6.07) is 14.2. The van der Waals surface area contributed by atoms with Gasteiger partial charge in [0.1, 0.15) is 23.9 Å². The molecule has 2 heterocycles. The fraction of sp³-hybridized carbons (Fsp3) is 0.167. The number of ether oxygens (including phenoxy) is 1. The molecule has 0 aliphatic carbocycles. The Hall–Kier alpha value is -4.13. The number of benzene rings is 2. The molecule has 0 bridgehead atoms. The summed E-state index contributed by atoms with van der Waals surface area (Å²) >= 11 is 0. The molecule has 13 heteroatoms. The molecule has 4 rings (SSSR count). The predicted octanol–water partition coefficient (Wildman–Crippen LogP) is 5.71. The minimum atomic E-state index is -4.54. The van der Waals surface area contributed by atoms with E-state index in [0.29, 0.717) is 28.3 Å². The first-order valence-corrected chi connectivity index (χ1v) is 12.6. The maximum Gasteiger partial charge on any atom is 0.433 e. The van der Waals surface area contributed by atoms with Crippen LogP contribution in [0.5, 0.6) is 5.75 Å². The summed E-state index contributed by atoms with van der Waals surface area (Å²) in [7, 11) is -3.59. The minimum absolute atomic E-state index is 0.0568. The molecule has 37 heavy (non-hydrogen) atoms. The molecule has 194 valence electrons. The molecule has 0 saturated heterocycles. The van der Waals surface area contributed by atoms with Crippen molar-refractivity contribution in [1.29, 1.82) is 0 Å². The van der Waals surface area contributed by atoms with E-state index in [1.165, 1.54) is 31.2 Å². The highest BCUT2D eigenvalue weighted by Gasteiger charge is 2.32. The number of aromatic nitrogens is 3. The molecule has 0 amide bonds. The molecule has 8 nitrogen and oxygen atoms in total. The molecule has 0 saturated carbocycles. The quantitative estimate of drug-likeness (QED) is 0.237. The van der Waals surface area contributed by atoms with Gasteiger partial charge >= 0.3 is 6.18 Å². The Morgan fingerprint density at radius 3 is 2.43 bits per heavy atom. The summed E-state index contributed by atoms with van der Waals surface area (Å²) in [5.74, 6) is 0.0226. The molecule has 0 aliphatic rings. The van der Waals surface area contributed by atoms with Crippen molar-refractivity contribution in [1.82, 2.24) is 15.2 Å². The number of hydrogen-bond acceptors (Lipinski definition) is 6. The molecule has 0 unspecified atom stereocenters. The molecule has 2 aromatic carbocycles. The van der Waals surface area contributed by atoms with Gasteiger partial charge in [-0.15, -0.1) is 0 Å². The van der Waals surface area contributed by atoms with E-state index < -0.39 is 27.7 Å². The van der Waals surface area contributed by atoms with Gasteiger partial charge in [-0.1, -0.05) is 18.2 Å². The van der Waals surface area contributed by atoms with Crippen LogP contribution >= 0.6 is 0 Å². The normalized spacial score (nSPS) is 11.8. The van der Waals surface area contributed by atoms with Gasteiger partial charge in [0.05, 0.1) is 29.0 Å². The smallest absolute Gasteiger partial charge is 0.433 e. The van der Waals surface area contributed by atoms with Gasteiger partial charge in [-0.3, -0.25) is 9.82 Å². The van der Waals surface area contributed by atoms with Crippen molar-refractivity contribution < 1.29 is 30.7 Å². The Morgan fingerprint density at radius 1 is 1.03 bits per heavy atom. The van der Waals surface area contributed by atoms with Crippen molar-refractivity contribution >= 4 is 27.2 Å². The lowest BCUT2D eigenvalue weighted by molar-refractivity contribution is -0.141. The Morgan fingerprint density at radius 2 is 1.78 bits per heavy atom. The number of rotatable bonds is 9. The monoisotopic (exact) mass is 535 g/mol. The molecule has 2 aromatic heterocycles. The van der Waals surface area contributed by atoms with E-state index >= 15 is 0 Å². The van der Waals surface area contributed by atoms with Crippen LogP contribution in [0.25, 0.3) is 11.3 Å². The SMILES string of the molecule is CCS(=O)(=O)Nc1ccc(-c2cc(Nc3ccc(C(F)(F)F)nc3)n[nH]2)cc1OCc1ccc(F)cc1. The van der Waals surface area contributed by atoms with E-state index in [1.54, 1.807) is 30.3 Å². The van der Waals surface area contributed by atoms with E-state index in [1.807, 2.05) is 0 Å². The first-order valence-electron chi connectivity index (χ1n) is 10.9. The number of anilines is 3. The lowest BCUT2D eigenvalue weighted by Crippen LogP contribution is -2.15. The lowest BCUT2D eigenvalue weighted by Gasteiger charge is -2.14. The van der Waals surface area contributed by atoms with Gasteiger partial charge in [0.15, 0.2) is 5.82 Å². The number of nitrogens with zero attached hydrogens (tertiary/aromatic N) is 2. The van der Waals surface area contributed by atoms with Crippen LogP contribution < -0.4 is 14.8 Å². The van der Waals surface area contributed by atoms with Gasteiger partial charge in [-0.05, 0) is 48.9 Å². The molecule has 0 fully saturated rings. The standard InChI is InChI=1S/C24H21F4N5O3S/c1-2-37(34,35)33-19-9-5-16(11-21(19)36-14-15-3-6-17(25)7-4-15)20-12-23(32-31-20)30-18-8-10-22(29-13-18)24(26,27)28/h3-13,33H,2,14H2,1H3,(H2,30,31,32). The van der Waals surface area contributed by atoms with Crippen LogP contribution in [-0.2, 0) is 22.8 Å². The van der Waals surface area contributed by atoms with Gasteiger partial charge in [0.25, 0.3) is 0 Å². The van der Waals surface area contributed by atoms with Crippen molar-refractivity contribution in [2.24, 2.45) is 0 Å². The maximum absolute atomic E-state index is 13.2. The topological polar surface area (TPSA) is 109 Å². The number of aromatic amines is 1. The second-order valence-electron chi connectivity index (χ2n) is 7.85. The Balaban J connectivity index is 1.56. The Labute approximate surface area is 209 Å². The van der Waals surface area contributed by atoms with Crippen molar-refractivity contribution in [3.05, 3.63) is 83.9 Å². The van der Waals surface area contributed by atoms with Crippen molar-refractivity contribution in [3.8, 4) is 17.0 Å². The number of halogens is 4. The van der Waals surface area contributed by atoms with E-state index in [2.05, 4.69) is 25.2 Å². The van der Waals surface area contributed by atoms with Crippen LogP contribution in [0.4, 0.5) is 34.8 Å². The van der Waals surface area contributed by atoms with Crippen molar-refractivity contribution in [2.75, 3.05) is 15.8 Å².